The van der Waals surface area contributed by atoms with Crippen molar-refractivity contribution in [2.45, 2.75) is 51.3 Å². The zero-order chi connectivity index (χ0) is 13.1. The van der Waals surface area contributed by atoms with E-state index < -0.39 is 5.60 Å². The zero-order valence-electron chi connectivity index (χ0n) is 11.3. The number of carbonyl (C=O) groups is 1. The van der Waals surface area contributed by atoms with Gasteiger partial charge in [-0.15, -0.1) is 0 Å². The standard InChI is InChI=1S/C12H25N3O2/c1-12(2,3)17-11(16)14-8-10(7-13)15(4)9-5-6-9/h9-10H,5-8,13H2,1-4H3,(H,14,16). The van der Waals surface area contributed by atoms with Crippen LogP contribution in [0.5, 0.6) is 0 Å². The van der Waals surface area contributed by atoms with E-state index in [1.807, 2.05) is 20.8 Å². The molecular formula is C12H25N3O2. The number of rotatable bonds is 5. The molecule has 0 saturated heterocycles. The van der Waals surface area contributed by atoms with E-state index in [0.29, 0.717) is 19.1 Å². The van der Waals surface area contributed by atoms with Crippen LogP contribution >= 0.6 is 0 Å². The predicted molar refractivity (Wildman–Crippen MR) is 67.9 cm³/mol. The maximum absolute atomic E-state index is 11.5. The van der Waals surface area contributed by atoms with Crippen LogP contribution in [-0.4, -0.2) is 48.8 Å². The average molecular weight is 243 g/mol. The second-order valence-electron chi connectivity index (χ2n) is 5.67. The van der Waals surface area contributed by atoms with Crippen LogP contribution in [0.1, 0.15) is 33.6 Å². The molecule has 1 fully saturated rings. The van der Waals surface area contributed by atoms with E-state index in [0.717, 1.165) is 0 Å². The van der Waals surface area contributed by atoms with Crippen LogP contribution in [0.15, 0.2) is 0 Å². The van der Waals surface area contributed by atoms with Gasteiger partial charge in [-0.3, -0.25) is 4.90 Å². The molecule has 17 heavy (non-hydrogen) atoms. The molecule has 0 radical (unpaired) electrons. The summed E-state index contributed by atoms with van der Waals surface area (Å²) in [7, 11) is 2.06. The fourth-order valence-electron chi connectivity index (χ4n) is 1.69. The maximum atomic E-state index is 11.5. The maximum Gasteiger partial charge on any atom is 0.407 e. The van der Waals surface area contributed by atoms with Crippen molar-refractivity contribution in [1.29, 1.82) is 0 Å². The lowest BCUT2D eigenvalue weighted by atomic mass is 10.2. The normalized spacial score (nSPS) is 18.0. The molecule has 0 aromatic rings. The van der Waals surface area contributed by atoms with Crippen molar-refractivity contribution in [3.05, 3.63) is 0 Å². The average Bonchev–Trinajstić information content (AvgIpc) is 2.98. The van der Waals surface area contributed by atoms with E-state index in [-0.39, 0.29) is 12.1 Å². The zero-order valence-corrected chi connectivity index (χ0v) is 11.3. The van der Waals surface area contributed by atoms with Gasteiger partial charge in [0.15, 0.2) is 0 Å². The van der Waals surface area contributed by atoms with Crippen LogP contribution in [0, 0.1) is 0 Å². The molecule has 0 aromatic carbocycles. The smallest absolute Gasteiger partial charge is 0.407 e. The number of nitrogens with one attached hydrogen (secondary N) is 1. The van der Waals surface area contributed by atoms with Crippen LogP contribution in [-0.2, 0) is 4.74 Å². The molecule has 0 spiro atoms. The lowest BCUT2D eigenvalue weighted by Gasteiger charge is -2.27. The molecule has 1 saturated carbocycles. The highest BCUT2D eigenvalue weighted by Crippen LogP contribution is 2.26. The quantitative estimate of drug-likeness (QED) is 0.754. The molecule has 3 N–H and O–H groups in total. The summed E-state index contributed by atoms with van der Waals surface area (Å²) in [6.45, 7) is 6.64. The number of nitrogens with two attached hydrogens (primary N) is 1. The number of nitrogens with zero attached hydrogens (tertiary/aromatic N) is 1. The Hall–Kier alpha value is -0.810. The fraction of sp³-hybridized carbons (Fsp3) is 0.917. The highest BCUT2D eigenvalue weighted by molar-refractivity contribution is 5.67. The second-order valence-corrected chi connectivity index (χ2v) is 5.67. The van der Waals surface area contributed by atoms with Gasteiger partial charge in [0.05, 0.1) is 0 Å². The van der Waals surface area contributed by atoms with Crippen LogP contribution < -0.4 is 11.1 Å². The van der Waals surface area contributed by atoms with E-state index in [1.165, 1.54) is 12.8 Å². The molecule has 1 rings (SSSR count). The Morgan fingerprint density at radius 1 is 1.53 bits per heavy atom. The van der Waals surface area contributed by atoms with Crippen LogP contribution in [0.4, 0.5) is 4.79 Å². The summed E-state index contributed by atoms with van der Waals surface area (Å²) >= 11 is 0. The van der Waals surface area contributed by atoms with E-state index in [9.17, 15) is 4.79 Å². The first kappa shape index (κ1) is 14.3. The van der Waals surface area contributed by atoms with Crippen LogP contribution in [0.25, 0.3) is 0 Å². The minimum atomic E-state index is -0.454. The summed E-state index contributed by atoms with van der Waals surface area (Å²) in [5.41, 5.74) is 5.27. The molecule has 1 aliphatic rings. The third-order valence-electron chi connectivity index (χ3n) is 2.85. The third kappa shape index (κ3) is 5.37. The molecule has 0 heterocycles. The van der Waals surface area contributed by atoms with Crippen molar-refractivity contribution in [1.82, 2.24) is 10.2 Å². The van der Waals surface area contributed by atoms with Crippen LogP contribution in [0.2, 0.25) is 0 Å². The minimum absolute atomic E-state index is 0.190. The molecule has 1 amide bonds. The third-order valence-corrected chi connectivity index (χ3v) is 2.85. The Morgan fingerprint density at radius 2 is 2.12 bits per heavy atom. The lowest BCUT2D eigenvalue weighted by molar-refractivity contribution is 0.0511. The Morgan fingerprint density at radius 3 is 2.53 bits per heavy atom. The number of hydrogen-bond donors (Lipinski definition) is 2. The second kappa shape index (κ2) is 5.69. The predicted octanol–water partition coefficient (Wildman–Crippen LogP) is 0.933. The van der Waals surface area contributed by atoms with E-state index in [1.54, 1.807) is 0 Å². The fourth-order valence-corrected chi connectivity index (χ4v) is 1.69. The molecule has 0 bridgehead atoms. The minimum Gasteiger partial charge on any atom is -0.444 e. The topological polar surface area (TPSA) is 67.6 Å². The number of ether oxygens (including phenoxy) is 1. The lowest BCUT2D eigenvalue weighted by Crippen LogP contribution is -2.48. The van der Waals surface area contributed by atoms with Crippen molar-refractivity contribution < 1.29 is 9.53 Å². The molecule has 100 valence electrons. The van der Waals surface area contributed by atoms with E-state index in [2.05, 4.69) is 17.3 Å². The van der Waals surface area contributed by atoms with Crippen molar-refractivity contribution in [3.8, 4) is 0 Å². The first-order valence-electron chi connectivity index (χ1n) is 6.22. The summed E-state index contributed by atoms with van der Waals surface area (Å²) in [5, 5.41) is 2.77. The molecule has 1 aliphatic carbocycles. The van der Waals surface area contributed by atoms with Gasteiger partial charge in [-0.1, -0.05) is 0 Å². The van der Waals surface area contributed by atoms with Crippen molar-refractivity contribution in [2.24, 2.45) is 5.73 Å². The van der Waals surface area contributed by atoms with Crippen molar-refractivity contribution in [2.75, 3.05) is 20.1 Å². The number of carbonyl (C=O) groups excluding carboxylic acids is 1. The number of alkyl carbamates (subject to hydrolysis) is 1. The monoisotopic (exact) mass is 243 g/mol. The van der Waals surface area contributed by atoms with E-state index >= 15 is 0 Å². The Kier molecular flexibility index (Phi) is 4.77. The molecule has 1 atom stereocenters. The summed E-state index contributed by atoms with van der Waals surface area (Å²) in [5.74, 6) is 0. The first-order valence-corrected chi connectivity index (χ1v) is 6.22. The van der Waals surface area contributed by atoms with Crippen molar-refractivity contribution in [3.63, 3.8) is 0 Å². The highest BCUT2D eigenvalue weighted by Gasteiger charge is 2.30. The molecule has 0 aliphatic heterocycles. The van der Waals surface area contributed by atoms with Gasteiger partial charge in [0.2, 0.25) is 0 Å². The van der Waals surface area contributed by atoms with Gasteiger partial charge in [0.1, 0.15) is 5.60 Å². The number of hydrogen-bond acceptors (Lipinski definition) is 4. The summed E-state index contributed by atoms with van der Waals surface area (Å²) in [6.07, 6.45) is 2.10. The van der Waals surface area contributed by atoms with Gasteiger partial charge in [0, 0.05) is 25.2 Å². The molecule has 0 aromatic heterocycles. The molecule has 5 heteroatoms. The summed E-state index contributed by atoms with van der Waals surface area (Å²) in [4.78, 5) is 13.7. The van der Waals surface area contributed by atoms with Gasteiger partial charge in [0.25, 0.3) is 0 Å². The highest BCUT2D eigenvalue weighted by atomic mass is 16.6. The largest absolute Gasteiger partial charge is 0.444 e. The van der Waals surface area contributed by atoms with Gasteiger partial charge in [-0.25, -0.2) is 4.79 Å². The first-order chi connectivity index (χ1) is 7.83. The van der Waals surface area contributed by atoms with Gasteiger partial charge < -0.3 is 15.8 Å². The molecular weight excluding hydrogens is 218 g/mol. The Bertz CT molecular complexity index is 259. The summed E-state index contributed by atoms with van der Waals surface area (Å²) < 4.78 is 5.18. The molecule has 5 nitrogen and oxygen atoms in total. The number of amides is 1. The van der Waals surface area contributed by atoms with Crippen LogP contribution in [0.3, 0.4) is 0 Å². The Balaban J connectivity index is 2.29. The molecule has 1 unspecified atom stereocenters. The SMILES string of the molecule is CN(C1CC1)C(CN)CNC(=O)OC(C)(C)C. The van der Waals surface area contributed by atoms with Gasteiger partial charge >= 0.3 is 6.09 Å². The van der Waals surface area contributed by atoms with Gasteiger partial charge in [-0.05, 0) is 40.7 Å². The number of likely N-dealkylation sites (N-methyl/N-ethyl adjacent to an activating group) is 1. The van der Waals surface area contributed by atoms with Crippen molar-refractivity contribution >= 4 is 6.09 Å². The Labute approximate surface area is 104 Å². The van der Waals surface area contributed by atoms with E-state index in [4.69, 9.17) is 10.5 Å². The summed E-state index contributed by atoms with van der Waals surface area (Å²) in [6, 6.07) is 0.832. The van der Waals surface area contributed by atoms with Gasteiger partial charge in [-0.2, -0.15) is 0 Å².